The Morgan fingerprint density at radius 3 is 1.09 bits per heavy atom. The van der Waals surface area contributed by atoms with Gasteiger partial charge in [-0.1, -0.05) is 159 Å². The summed E-state index contributed by atoms with van der Waals surface area (Å²) in [4.78, 5) is 0. The molecule has 0 fully saturated rings. The monoisotopic (exact) mass is 736 g/mol. The van der Waals surface area contributed by atoms with Gasteiger partial charge >= 0.3 is 0 Å². The van der Waals surface area contributed by atoms with Gasteiger partial charge in [-0.25, -0.2) is 0 Å². The summed E-state index contributed by atoms with van der Waals surface area (Å²) in [5.74, 6) is 1.92. The minimum Gasteiger partial charge on any atom is -0.465 e. The van der Waals surface area contributed by atoms with Crippen molar-refractivity contribution in [3.8, 4) is 17.2 Å². The Balaban J connectivity index is 1.34. The molecule has 0 radical (unpaired) electrons. The average Bonchev–Trinajstić information content (AvgIpc) is 3.21. The molecule has 6 heteroatoms. The lowest BCUT2D eigenvalue weighted by Gasteiger charge is -2.39. The molecule has 3 atom stereocenters. The SMILES string of the molecule is CC(OCc1ccccc1)Oc1ccccc1C(c1ccccc1OC(C)OCc1ccccc1)C(C)(C)c1ccccc1OC(C)OCc1ccccc1. The number of rotatable bonds is 19. The predicted molar refractivity (Wildman–Crippen MR) is 218 cm³/mol. The van der Waals surface area contributed by atoms with E-state index in [9.17, 15) is 0 Å². The van der Waals surface area contributed by atoms with Gasteiger partial charge in [-0.05, 0) is 55.7 Å². The van der Waals surface area contributed by atoms with Crippen molar-refractivity contribution >= 4 is 0 Å². The van der Waals surface area contributed by atoms with Gasteiger partial charge in [0.1, 0.15) is 17.2 Å². The largest absolute Gasteiger partial charge is 0.465 e. The number of ether oxygens (including phenoxy) is 6. The fourth-order valence-corrected chi connectivity index (χ4v) is 6.86. The van der Waals surface area contributed by atoms with Crippen LogP contribution in [-0.2, 0) is 39.4 Å². The highest BCUT2D eigenvalue weighted by atomic mass is 16.7. The van der Waals surface area contributed by atoms with Crippen LogP contribution in [0.4, 0.5) is 0 Å². The molecule has 0 heterocycles. The third kappa shape index (κ3) is 10.9. The van der Waals surface area contributed by atoms with Crippen molar-refractivity contribution in [3.63, 3.8) is 0 Å². The summed E-state index contributed by atoms with van der Waals surface area (Å²) in [7, 11) is 0. The minimum atomic E-state index is -0.572. The normalized spacial score (nSPS) is 13.7. The van der Waals surface area contributed by atoms with Crippen molar-refractivity contribution in [1.29, 1.82) is 0 Å². The first-order valence-corrected chi connectivity index (χ1v) is 19.0. The van der Waals surface area contributed by atoms with Crippen molar-refractivity contribution in [1.82, 2.24) is 0 Å². The molecule has 0 aromatic heterocycles. The van der Waals surface area contributed by atoms with E-state index in [1.54, 1.807) is 0 Å². The number of benzene rings is 6. The summed E-state index contributed by atoms with van der Waals surface area (Å²) in [6.07, 6.45) is -1.52. The van der Waals surface area contributed by atoms with Gasteiger partial charge in [0.25, 0.3) is 0 Å². The number of para-hydroxylation sites is 3. The molecule has 0 saturated carbocycles. The molecule has 6 nitrogen and oxygen atoms in total. The topological polar surface area (TPSA) is 55.4 Å². The third-order valence-corrected chi connectivity index (χ3v) is 9.62. The summed E-state index contributed by atoms with van der Waals surface area (Å²) in [5, 5.41) is 0. The maximum Gasteiger partial charge on any atom is 0.197 e. The van der Waals surface area contributed by atoms with Crippen LogP contribution < -0.4 is 14.2 Å². The highest BCUT2D eigenvalue weighted by Gasteiger charge is 2.39. The van der Waals surface area contributed by atoms with Gasteiger partial charge in [-0.15, -0.1) is 0 Å². The van der Waals surface area contributed by atoms with E-state index in [1.807, 2.05) is 136 Å². The van der Waals surface area contributed by atoms with E-state index in [2.05, 4.69) is 62.4 Å². The second-order valence-corrected chi connectivity index (χ2v) is 14.2. The van der Waals surface area contributed by atoms with Crippen LogP contribution in [0.5, 0.6) is 17.2 Å². The Labute approximate surface area is 326 Å². The fraction of sp³-hybridized carbons (Fsp3) is 0.265. The van der Waals surface area contributed by atoms with E-state index in [-0.39, 0.29) is 5.92 Å². The first-order valence-electron chi connectivity index (χ1n) is 19.0. The second kappa shape index (κ2) is 19.3. The van der Waals surface area contributed by atoms with Crippen molar-refractivity contribution < 1.29 is 28.4 Å². The Bertz CT molecular complexity index is 1940. The van der Waals surface area contributed by atoms with Crippen LogP contribution >= 0.6 is 0 Å². The lowest BCUT2D eigenvalue weighted by atomic mass is 9.66. The maximum absolute atomic E-state index is 6.64. The number of hydrogen-bond acceptors (Lipinski definition) is 6. The Kier molecular flexibility index (Phi) is 13.8. The molecule has 0 aliphatic rings. The van der Waals surface area contributed by atoms with Gasteiger partial charge in [-0.3, -0.25) is 0 Å². The summed E-state index contributed by atoms with van der Waals surface area (Å²) < 4.78 is 38.4. The van der Waals surface area contributed by atoms with E-state index in [4.69, 9.17) is 28.4 Å². The lowest BCUT2D eigenvalue weighted by molar-refractivity contribution is -0.0779. The van der Waals surface area contributed by atoms with E-state index < -0.39 is 24.3 Å². The number of hydrogen-bond donors (Lipinski definition) is 0. The molecule has 55 heavy (non-hydrogen) atoms. The van der Waals surface area contributed by atoms with Crippen LogP contribution in [0.3, 0.4) is 0 Å². The molecule has 0 N–H and O–H groups in total. The molecular formula is C49H52O6. The quantitative estimate of drug-likeness (QED) is 0.0772. The molecule has 0 bridgehead atoms. The summed E-state index contributed by atoms with van der Waals surface area (Å²) in [6.45, 7) is 11.6. The molecule has 6 rings (SSSR count). The highest BCUT2D eigenvalue weighted by molar-refractivity contribution is 5.53. The van der Waals surface area contributed by atoms with Crippen molar-refractivity contribution in [2.24, 2.45) is 0 Å². The van der Waals surface area contributed by atoms with Gasteiger partial charge in [0.05, 0.1) is 19.8 Å². The summed E-state index contributed by atoms with van der Waals surface area (Å²) in [5.41, 5.74) is 5.67. The molecule has 0 spiro atoms. The van der Waals surface area contributed by atoms with Gasteiger partial charge in [0, 0.05) is 28.0 Å². The van der Waals surface area contributed by atoms with Crippen molar-refractivity contribution in [3.05, 3.63) is 197 Å². The minimum absolute atomic E-state index is 0.271. The van der Waals surface area contributed by atoms with Crippen LogP contribution in [0.2, 0.25) is 0 Å². The van der Waals surface area contributed by atoms with Crippen LogP contribution in [0.1, 0.15) is 73.9 Å². The molecule has 0 saturated heterocycles. The highest BCUT2D eigenvalue weighted by Crippen LogP contribution is 2.51. The Hall–Kier alpha value is -5.40. The fourth-order valence-electron chi connectivity index (χ4n) is 6.86. The maximum atomic E-state index is 6.64. The first kappa shape index (κ1) is 39.3. The van der Waals surface area contributed by atoms with Gasteiger partial charge < -0.3 is 28.4 Å². The van der Waals surface area contributed by atoms with Crippen LogP contribution in [0.25, 0.3) is 0 Å². The zero-order valence-corrected chi connectivity index (χ0v) is 32.5. The zero-order chi connectivity index (χ0) is 38.5. The average molecular weight is 737 g/mol. The standard InChI is InChI=1S/C49H52O6/c1-36(50-33-39-21-9-6-10-22-39)53-45-30-18-15-27-42(45)48(43-28-16-19-31-46(43)54-37(2)51-34-40-23-11-7-12-24-40)49(4,5)44-29-17-20-32-47(44)55-38(3)52-35-41-25-13-8-14-26-41/h6-32,36-38,48H,33-35H2,1-5H3. The molecule has 0 amide bonds. The molecular weight excluding hydrogens is 685 g/mol. The summed E-state index contributed by atoms with van der Waals surface area (Å²) >= 11 is 0. The van der Waals surface area contributed by atoms with Crippen molar-refractivity contribution in [2.75, 3.05) is 0 Å². The predicted octanol–water partition coefficient (Wildman–Crippen LogP) is 11.6. The van der Waals surface area contributed by atoms with E-state index in [0.717, 1.165) is 50.6 Å². The van der Waals surface area contributed by atoms with E-state index in [0.29, 0.717) is 19.8 Å². The van der Waals surface area contributed by atoms with Crippen LogP contribution in [-0.4, -0.2) is 18.9 Å². The summed E-state index contributed by atoms with van der Waals surface area (Å²) in [6, 6.07) is 55.0. The smallest absolute Gasteiger partial charge is 0.197 e. The Morgan fingerprint density at radius 2 is 0.691 bits per heavy atom. The van der Waals surface area contributed by atoms with Crippen LogP contribution in [0, 0.1) is 0 Å². The van der Waals surface area contributed by atoms with Gasteiger partial charge in [0.2, 0.25) is 0 Å². The lowest BCUT2D eigenvalue weighted by Crippen LogP contribution is -2.31. The second-order valence-electron chi connectivity index (χ2n) is 14.2. The third-order valence-electron chi connectivity index (χ3n) is 9.62. The molecule has 3 unspecified atom stereocenters. The Morgan fingerprint density at radius 1 is 0.382 bits per heavy atom. The van der Waals surface area contributed by atoms with Crippen molar-refractivity contribution in [2.45, 2.75) is 84.6 Å². The zero-order valence-electron chi connectivity index (χ0n) is 32.5. The molecule has 284 valence electrons. The first-order chi connectivity index (χ1) is 26.8. The molecule has 6 aromatic carbocycles. The van der Waals surface area contributed by atoms with E-state index >= 15 is 0 Å². The van der Waals surface area contributed by atoms with Crippen LogP contribution in [0.15, 0.2) is 164 Å². The molecule has 0 aliphatic heterocycles. The molecule has 0 aliphatic carbocycles. The van der Waals surface area contributed by atoms with Gasteiger partial charge in [0.15, 0.2) is 18.9 Å². The van der Waals surface area contributed by atoms with Gasteiger partial charge in [-0.2, -0.15) is 0 Å². The van der Waals surface area contributed by atoms with E-state index in [1.165, 1.54) is 0 Å². The molecule has 6 aromatic rings.